The summed E-state index contributed by atoms with van der Waals surface area (Å²) in [4.78, 5) is 34.7. The summed E-state index contributed by atoms with van der Waals surface area (Å²) in [6.45, 7) is 11.5. The molecule has 2 aliphatic heterocycles. The molecule has 2 fully saturated rings. The second-order valence-corrected chi connectivity index (χ2v) is 8.56. The predicted molar refractivity (Wildman–Crippen MR) is 121 cm³/mol. The van der Waals surface area contributed by atoms with Crippen molar-refractivity contribution in [1.29, 1.82) is 0 Å². The van der Waals surface area contributed by atoms with Gasteiger partial charge in [0.25, 0.3) is 0 Å². The van der Waals surface area contributed by atoms with Gasteiger partial charge in [-0.3, -0.25) is 9.59 Å². The summed E-state index contributed by atoms with van der Waals surface area (Å²) in [5, 5.41) is 3.38. The van der Waals surface area contributed by atoms with Crippen LogP contribution in [-0.4, -0.2) is 97.5 Å². The Kier molecular flexibility index (Phi) is 9.45. The van der Waals surface area contributed by atoms with Gasteiger partial charge in [0.1, 0.15) is 6.54 Å². The molecule has 2 saturated heterocycles. The topological polar surface area (TPSA) is 77.5 Å². The molecule has 0 saturated carbocycles. The third kappa shape index (κ3) is 6.47. The fourth-order valence-corrected chi connectivity index (χ4v) is 3.84. The van der Waals surface area contributed by atoms with Crippen LogP contribution in [0.1, 0.15) is 34.1 Å². The molecule has 8 nitrogen and oxygen atoms in total. The van der Waals surface area contributed by atoms with Gasteiger partial charge in [-0.05, 0) is 34.1 Å². The third-order valence-electron chi connectivity index (χ3n) is 5.08. The number of likely N-dealkylation sites (N-methyl/N-ethyl adjacent to an activating group) is 1. The zero-order chi connectivity index (χ0) is 20.2. The summed E-state index contributed by atoms with van der Waals surface area (Å²) in [7, 11) is 3.43. The summed E-state index contributed by atoms with van der Waals surface area (Å²) in [6, 6.07) is 0.147. The van der Waals surface area contributed by atoms with Gasteiger partial charge in [-0.15, -0.1) is 24.0 Å². The summed E-state index contributed by atoms with van der Waals surface area (Å²) in [5.74, 6) is 1.08. The number of nitrogens with one attached hydrogen (secondary N) is 1. The van der Waals surface area contributed by atoms with Gasteiger partial charge in [-0.2, -0.15) is 0 Å². The van der Waals surface area contributed by atoms with Crippen molar-refractivity contribution >= 4 is 41.8 Å². The first-order chi connectivity index (χ1) is 12.6. The lowest BCUT2D eigenvalue weighted by Gasteiger charge is -2.49. The van der Waals surface area contributed by atoms with Crippen LogP contribution in [0.3, 0.4) is 0 Å². The van der Waals surface area contributed by atoms with Gasteiger partial charge in [0.2, 0.25) is 11.8 Å². The van der Waals surface area contributed by atoms with Crippen molar-refractivity contribution in [3.8, 4) is 0 Å². The van der Waals surface area contributed by atoms with Crippen molar-refractivity contribution < 1.29 is 14.3 Å². The van der Waals surface area contributed by atoms with E-state index >= 15 is 0 Å². The number of carbonyl (C=O) groups is 2. The SMILES string of the molecule is CC(C)N1C(=O)CN(C(=NCC(=O)N(C)C)NCC2CCOC2)CC1(C)C.I. The minimum atomic E-state index is -0.312. The number of guanidine groups is 1. The molecule has 28 heavy (non-hydrogen) atoms. The van der Waals surface area contributed by atoms with E-state index in [2.05, 4.69) is 24.2 Å². The van der Waals surface area contributed by atoms with E-state index in [0.29, 0.717) is 18.4 Å². The molecular formula is C19H36IN5O3. The molecule has 0 bridgehead atoms. The number of carbonyl (C=O) groups excluding carboxylic acids is 2. The lowest BCUT2D eigenvalue weighted by molar-refractivity contribution is -0.145. The maximum absolute atomic E-state index is 12.8. The van der Waals surface area contributed by atoms with Gasteiger partial charge >= 0.3 is 0 Å². The number of piperazine rings is 1. The maximum atomic E-state index is 12.8. The van der Waals surface area contributed by atoms with Crippen molar-refractivity contribution in [3.05, 3.63) is 0 Å². The van der Waals surface area contributed by atoms with Crippen LogP contribution < -0.4 is 5.32 Å². The highest BCUT2D eigenvalue weighted by Crippen LogP contribution is 2.24. The zero-order valence-corrected chi connectivity index (χ0v) is 20.4. The highest BCUT2D eigenvalue weighted by Gasteiger charge is 2.40. The highest BCUT2D eigenvalue weighted by molar-refractivity contribution is 14.0. The van der Waals surface area contributed by atoms with Gasteiger partial charge in [0, 0.05) is 45.8 Å². The molecule has 0 aromatic rings. The van der Waals surface area contributed by atoms with Gasteiger partial charge in [0.15, 0.2) is 5.96 Å². The summed E-state index contributed by atoms with van der Waals surface area (Å²) in [5.41, 5.74) is -0.312. The lowest BCUT2D eigenvalue weighted by Crippen LogP contribution is -2.66. The summed E-state index contributed by atoms with van der Waals surface area (Å²) < 4.78 is 5.44. The first-order valence-electron chi connectivity index (χ1n) is 9.75. The molecule has 1 N–H and O–H groups in total. The maximum Gasteiger partial charge on any atom is 0.243 e. The quantitative estimate of drug-likeness (QED) is 0.340. The highest BCUT2D eigenvalue weighted by atomic mass is 127. The fourth-order valence-electron chi connectivity index (χ4n) is 3.84. The van der Waals surface area contributed by atoms with Crippen LogP contribution in [0.5, 0.6) is 0 Å². The number of halogens is 1. The Hall–Kier alpha value is -1.10. The van der Waals surface area contributed by atoms with E-state index in [9.17, 15) is 9.59 Å². The van der Waals surface area contributed by atoms with Crippen molar-refractivity contribution in [3.63, 3.8) is 0 Å². The molecule has 0 radical (unpaired) electrons. The molecule has 1 unspecified atom stereocenters. The average molecular weight is 509 g/mol. The third-order valence-corrected chi connectivity index (χ3v) is 5.08. The van der Waals surface area contributed by atoms with Crippen molar-refractivity contribution in [2.75, 3.05) is 53.5 Å². The van der Waals surface area contributed by atoms with E-state index in [1.165, 1.54) is 4.90 Å². The Labute approximate surface area is 186 Å². The van der Waals surface area contributed by atoms with Crippen LogP contribution in [0.4, 0.5) is 0 Å². The second-order valence-electron chi connectivity index (χ2n) is 8.56. The molecule has 2 rings (SSSR count). The van der Waals surface area contributed by atoms with Gasteiger partial charge in [0.05, 0.1) is 18.7 Å². The Morgan fingerprint density at radius 1 is 1.39 bits per heavy atom. The van der Waals surface area contributed by atoms with Crippen LogP contribution in [0.2, 0.25) is 0 Å². The summed E-state index contributed by atoms with van der Waals surface area (Å²) >= 11 is 0. The first kappa shape index (κ1) is 24.9. The van der Waals surface area contributed by atoms with Gasteiger partial charge in [-0.1, -0.05) is 0 Å². The molecule has 162 valence electrons. The van der Waals surface area contributed by atoms with Crippen LogP contribution in [0.15, 0.2) is 4.99 Å². The fraction of sp³-hybridized carbons (Fsp3) is 0.842. The van der Waals surface area contributed by atoms with Crippen LogP contribution >= 0.6 is 24.0 Å². The van der Waals surface area contributed by atoms with Gasteiger partial charge in [-0.25, -0.2) is 4.99 Å². The molecule has 0 aromatic carbocycles. The number of aliphatic imine (C=N–C) groups is 1. The summed E-state index contributed by atoms with van der Waals surface area (Å²) in [6.07, 6.45) is 1.02. The molecule has 2 amide bonds. The second kappa shape index (κ2) is 10.6. The smallest absolute Gasteiger partial charge is 0.243 e. The van der Waals surface area contributed by atoms with E-state index < -0.39 is 0 Å². The normalized spacial score (nSPS) is 22.3. The molecule has 1 atom stereocenters. The number of hydrogen-bond donors (Lipinski definition) is 1. The van der Waals surface area contributed by atoms with Crippen molar-refractivity contribution in [2.24, 2.45) is 10.9 Å². The first-order valence-corrected chi connectivity index (χ1v) is 9.75. The van der Waals surface area contributed by atoms with E-state index in [1.54, 1.807) is 14.1 Å². The van der Waals surface area contributed by atoms with Crippen molar-refractivity contribution in [1.82, 2.24) is 20.0 Å². The molecule has 2 aliphatic rings. The number of nitrogens with zero attached hydrogens (tertiary/aromatic N) is 4. The molecular weight excluding hydrogens is 473 g/mol. The Morgan fingerprint density at radius 3 is 2.57 bits per heavy atom. The van der Waals surface area contributed by atoms with Gasteiger partial charge < -0.3 is 24.8 Å². The molecule has 0 aliphatic carbocycles. The Bertz CT molecular complexity index is 574. The largest absolute Gasteiger partial charge is 0.381 e. The minimum Gasteiger partial charge on any atom is -0.381 e. The van der Waals surface area contributed by atoms with E-state index in [-0.39, 0.29) is 60.5 Å². The van der Waals surface area contributed by atoms with Crippen LogP contribution in [0.25, 0.3) is 0 Å². The number of ether oxygens (including phenoxy) is 1. The molecule has 2 heterocycles. The lowest BCUT2D eigenvalue weighted by atomic mass is 9.96. The molecule has 0 aromatic heterocycles. The van der Waals surface area contributed by atoms with E-state index in [0.717, 1.165) is 26.2 Å². The van der Waals surface area contributed by atoms with Crippen LogP contribution in [-0.2, 0) is 14.3 Å². The number of hydrogen-bond acceptors (Lipinski definition) is 4. The zero-order valence-electron chi connectivity index (χ0n) is 18.0. The molecule has 0 spiro atoms. The number of rotatable bonds is 5. The van der Waals surface area contributed by atoms with E-state index in [1.807, 2.05) is 23.6 Å². The number of amides is 2. The Balaban J connectivity index is 0.00000392. The van der Waals surface area contributed by atoms with Crippen molar-refractivity contribution in [2.45, 2.75) is 45.7 Å². The average Bonchev–Trinajstić information content (AvgIpc) is 3.05. The minimum absolute atomic E-state index is 0. The van der Waals surface area contributed by atoms with Crippen LogP contribution in [0, 0.1) is 5.92 Å². The van der Waals surface area contributed by atoms with E-state index in [4.69, 9.17) is 4.74 Å². The predicted octanol–water partition coefficient (Wildman–Crippen LogP) is 1.01. The monoisotopic (exact) mass is 509 g/mol. The molecule has 9 heteroatoms. The standard InChI is InChI=1S/C19H35N5O3.HI/c1-14(2)24-17(26)11-23(13-19(24,3)4)18(21-10-16(25)22(5)6)20-9-15-7-8-27-12-15;/h14-15H,7-13H2,1-6H3,(H,20,21);1H. The Morgan fingerprint density at radius 2 is 2.07 bits per heavy atom.